The van der Waals surface area contributed by atoms with E-state index in [2.05, 4.69) is 53.4 Å². The van der Waals surface area contributed by atoms with Crippen molar-refractivity contribution in [3.05, 3.63) is 0 Å². The summed E-state index contributed by atoms with van der Waals surface area (Å²) in [5, 5.41) is 0. The van der Waals surface area contributed by atoms with Gasteiger partial charge in [-0.25, -0.2) is 0 Å². The molecule has 0 heteroatoms. The third-order valence-corrected chi connectivity index (χ3v) is 0. The third-order valence-electron chi connectivity index (χ3n) is 0. The highest BCUT2D eigenvalue weighted by Gasteiger charge is 1.36. The van der Waals surface area contributed by atoms with Crippen LogP contribution in [0, 0.1) is 25.7 Å². The van der Waals surface area contributed by atoms with Crippen molar-refractivity contribution < 1.29 is 0 Å². The van der Waals surface area contributed by atoms with Gasteiger partial charge in [0, 0.05) is 0 Å². The minimum atomic E-state index is 1.25. The molecule has 0 aromatic heterocycles. The zero-order chi connectivity index (χ0) is 15.4. The van der Waals surface area contributed by atoms with Crippen LogP contribution in [-0.4, -0.2) is 0 Å². The molecule has 0 aliphatic carbocycles. The summed E-state index contributed by atoms with van der Waals surface area (Å²) in [6.07, 6.45) is 18.5. The molecule has 0 saturated carbocycles. The molecule has 0 rings (SSSR count). The molecule has 0 unspecified atom stereocenters. The molecule has 0 aliphatic rings. The Hall–Kier alpha value is -0.880. The van der Waals surface area contributed by atoms with Crippen LogP contribution in [0.4, 0.5) is 0 Å². The van der Waals surface area contributed by atoms with Crippen LogP contribution in [0.25, 0.3) is 0 Å². The monoisotopic (exact) mass is 230 g/mol. The number of hydrogen-bond acceptors (Lipinski definition) is 0. The molecule has 0 saturated heterocycles. The van der Waals surface area contributed by atoms with Crippen molar-refractivity contribution >= 4 is 0 Å². The minimum absolute atomic E-state index is 1.25. The number of hydrogen-bond donors (Lipinski definition) is 0. The van der Waals surface area contributed by atoms with Gasteiger partial charge in [0.1, 0.15) is 0 Å². The molecule has 0 nitrogen and oxygen atoms in total. The maximum Gasteiger partial charge on any atom is -0.0590 e. The highest BCUT2D eigenvalue weighted by Crippen LogP contribution is 1.56. The van der Waals surface area contributed by atoms with Gasteiger partial charge in [0.2, 0.25) is 0 Å². The normalized spacial score (nSPS) is 3.62. The van der Waals surface area contributed by atoms with Crippen LogP contribution in [0.15, 0.2) is 0 Å². The maximum absolute atomic E-state index is 4.00. The molecule has 0 aromatic rings. The summed E-state index contributed by atoms with van der Waals surface area (Å²) in [5.74, 6) is 0. The van der Waals surface area contributed by atoms with Crippen molar-refractivity contribution in [2.75, 3.05) is 0 Å². The van der Waals surface area contributed by atoms with Crippen LogP contribution in [0.2, 0.25) is 0 Å². The Labute approximate surface area is 108 Å². The molecular formula is C16H38. The van der Waals surface area contributed by atoms with Gasteiger partial charge in [0.05, 0.1) is 0 Å². The molecule has 0 atom stereocenters. The Morgan fingerprint density at radius 1 is 0.438 bits per heavy atom. The van der Waals surface area contributed by atoms with E-state index in [4.69, 9.17) is 0 Å². The average Bonchev–Trinajstić information content (AvgIpc) is 2.42. The van der Waals surface area contributed by atoms with Crippen molar-refractivity contribution in [3.63, 3.8) is 0 Å². The van der Waals surface area contributed by atoms with E-state index in [9.17, 15) is 0 Å². The summed E-state index contributed by atoms with van der Waals surface area (Å²) in [5.41, 5.74) is 0. The van der Waals surface area contributed by atoms with Gasteiger partial charge in [0.25, 0.3) is 0 Å². The van der Waals surface area contributed by atoms with E-state index in [0.29, 0.717) is 0 Å². The largest absolute Gasteiger partial charge is 0.124 e. The van der Waals surface area contributed by atoms with E-state index in [1.54, 1.807) is 0 Å². The maximum atomic E-state index is 4.00. The quantitative estimate of drug-likeness (QED) is 0.422. The second-order valence-electron chi connectivity index (χ2n) is 1.41. The molecule has 0 N–H and O–H groups in total. The molecule has 102 valence electrons. The Balaban J connectivity index is -0.0000000120. The van der Waals surface area contributed by atoms with E-state index in [1.807, 2.05) is 41.5 Å². The van der Waals surface area contributed by atoms with Crippen LogP contribution in [0.3, 0.4) is 0 Å². The summed E-state index contributed by atoms with van der Waals surface area (Å²) in [4.78, 5) is 0. The lowest BCUT2D eigenvalue weighted by Crippen LogP contribution is -1.27. The van der Waals surface area contributed by atoms with E-state index >= 15 is 0 Å². The van der Waals surface area contributed by atoms with Gasteiger partial charge in [-0.15, -0.1) is 25.7 Å². The average molecular weight is 230 g/mol. The number of terminal acetylenes is 2. The second-order valence-corrected chi connectivity index (χ2v) is 1.41. The first-order chi connectivity index (χ1) is 7.83. The summed E-state index contributed by atoms with van der Waals surface area (Å²) >= 11 is 0. The predicted molar refractivity (Wildman–Crippen MR) is 85.8 cm³/mol. The van der Waals surface area contributed by atoms with Crippen LogP contribution < -0.4 is 0 Å². The third kappa shape index (κ3) is 2490. The van der Waals surface area contributed by atoms with Crippen molar-refractivity contribution in [2.45, 2.75) is 82.1 Å². The minimum Gasteiger partial charge on any atom is -0.124 e. The van der Waals surface area contributed by atoms with Crippen molar-refractivity contribution in [3.8, 4) is 25.7 Å². The molecule has 16 heavy (non-hydrogen) atoms. The predicted octanol–water partition coefficient (Wildman–Crippen LogP) is 6.41. The fourth-order valence-corrected chi connectivity index (χ4v) is 0. The summed E-state index contributed by atoms with van der Waals surface area (Å²) in [6, 6.07) is 0. The molecule has 0 aromatic carbocycles. The topological polar surface area (TPSA) is 0 Å². The van der Waals surface area contributed by atoms with Gasteiger partial charge >= 0.3 is 0 Å². The lowest BCUT2D eigenvalue weighted by atomic mass is 10.6. The van der Waals surface area contributed by atoms with E-state index in [0.717, 1.165) is 0 Å². The van der Waals surface area contributed by atoms with Gasteiger partial charge in [0.15, 0.2) is 0 Å². The zero-order valence-corrected chi connectivity index (χ0v) is 13.7. The molecule has 0 spiro atoms. The van der Waals surface area contributed by atoms with Gasteiger partial charge in [-0.1, -0.05) is 82.1 Å². The van der Waals surface area contributed by atoms with E-state index in [1.165, 1.54) is 12.8 Å². The van der Waals surface area contributed by atoms with Crippen LogP contribution in [0.5, 0.6) is 0 Å². The van der Waals surface area contributed by atoms with Gasteiger partial charge in [-0.05, 0) is 0 Å². The molecule has 0 fully saturated rings. The van der Waals surface area contributed by atoms with E-state index in [-0.39, 0.29) is 0 Å². The fraction of sp³-hybridized carbons (Fsp3) is 0.750. The molecule has 0 heterocycles. The zero-order valence-electron chi connectivity index (χ0n) is 13.7. The highest BCUT2D eigenvalue weighted by atomic mass is 13.4. The van der Waals surface area contributed by atoms with Crippen molar-refractivity contribution in [1.82, 2.24) is 0 Å². The Morgan fingerprint density at radius 3 is 0.438 bits per heavy atom. The first-order valence-electron chi connectivity index (χ1n) is 6.50. The number of rotatable bonds is 0. The van der Waals surface area contributed by atoms with Crippen LogP contribution in [0.1, 0.15) is 82.1 Å². The fourth-order valence-electron chi connectivity index (χ4n) is 0. The molecular weight excluding hydrogens is 192 g/mol. The molecule has 0 radical (unpaired) electrons. The lowest BCUT2D eigenvalue weighted by molar-refractivity contribution is 1.09. The standard InChI is InChI=1S/2C3H8.3C2H6.2C2H2/c2*1-3-2;5*1-2/h2*3H2,1-2H3;3*1-2H3;2*1-2H. The first-order valence-corrected chi connectivity index (χ1v) is 6.50. The van der Waals surface area contributed by atoms with Gasteiger partial charge < -0.3 is 0 Å². The van der Waals surface area contributed by atoms with Gasteiger partial charge in [-0.3, -0.25) is 0 Å². The SMILES string of the molecule is C#C.C#C.CC.CC.CC.CCC.CCC. The smallest absolute Gasteiger partial charge is 0.0590 e. The Morgan fingerprint density at radius 2 is 0.438 bits per heavy atom. The van der Waals surface area contributed by atoms with Crippen LogP contribution in [-0.2, 0) is 0 Å². The summed E-state index contributed by atoms with van der Waals surface area (Å²) in [6.45, 7) is 20.5. The van der Waals surface area contributed by atoms with E-state index < -0.39 is 0 Å². The summed E-state index contributed by atoms with van der Waals surface area (Å²) in [7, 11) is 0. The van der Waals surface area contributed by atoms with Crippen molar-refractivity contribution in [1.29, 1.82) is 0 Å². The molecule has 0 amide bonds. The van der Waals surface area contributed by atoms with Gasteiger partial charge in [-0.2, -0.15) is 0 Å². The summed E-state index contributed by atoms with van der Waals surface area (Å²) < 4.78 is 0. The Bertz CT molecular complexity index is 30.5. The molecule has 0 aliphatic heterocycles. The highest BCUT2D eigenvalue weighted by molar-refractivity contribution is 4.47. The van der Waals surface area contributed by atoms with Crippen molar-refractivity contribution in [2.24, 2.45) is 0 Å². The van der Waals surface area contributed by atoms with Crippen LogP contribution >= 0.6 is 0 Å². The Kier molecular flexibility index (Phi) is 5540. The lowest BCUT2D eigenvalue weighted by Gasteiger charge is -1.48. The first kappa shape index (κ1) is 45.7. The second kappa shape index (κ2) is 1940. The molecule has 0 bridgehead atoms.